The van der Waals surface area contributed by atoms with Crippen LogP contribution in [0.1, 0.15) is 0 Å². The summed E-state index contributed by atoms with van der Waals surface area (Å²) in [5.74, 6) is 0.409. The number of nitrogens with zero attached hydrogens (tertiary/aromatic N) is 3. The van der Waals surface area contributed by atoms with Crippen LogP contribution in [0, 0.1) is 0 Å². The Balaban J connectivity index is 2.54. The molecule has 5 nitrogen and oxygen atoms in total. The summed E-state index contributed by atoms with van der Waals surface area (Å²) >= 11 is 3.06. The zero-order valence-corrected chi connectivity index (χ0v) is 8.52. The van der Waals surface area contributed by atoms with Gasteiger partial charge in [-0.15, -0.1) is 0 Å². The molecule has 0 aliphatic heterocycles. The maximum atomic E-state index is 11.2. The summed E-state index contributed by atoms with van der Waals surface area (Å²) in [5, 5.41) is 0. The van der Waals surface area contributed by atoms with Gasteiger partial charge in [0.2, 0.25) is 0 Å². The number of nitrogens with one attached hydrogen (secondary N) is 1. The van der Waals surface area contributed by atoms with Crippen LogP contribution in [0.2, 0.25) is 0 Å². The molecule has 1 N–H and O–H groups in total. The molecule has 2 heterocycles. The van der Waals surface area contributed by atoms with Crippen molar-refractivity contribution in [3.05, 3.63) is 39.6 Å². The second-order valence-corrected chi connectivity index (χ2v) is 3.35. The van der Waals surface area contributed by atoms with E-state index in [2.05, 4.69) is 35.9 Å². The van der Waals surface area contributed by atoms with E-state index in [0.717, 1.165) is 0 Å². The van der Waals surface area contributed by atoms with Crippen molar-refractivity contribution in [3.63, 3.8) is 0 Å². The minimum absolute atomic E-state index is 0.236. The van der Waals surface area contributed by atoms with Gasteiger partial charge in [0, 0.05) is 18.6 Å². The van der Waals surface area contributed by atoms with Gasteiger partial charge < -0.3 is 4.98 Å². The van der Waals surface area contributed by atoms with Crippen molar-refractivity contribution in [2.75, 3.05) is 0 Å². The monoisotopic (exact) mass is 252 g/mol. The van der Waals surface area contributed by atoms with Crippen LogP contribution >= 0.6 is 15.9 Å². The molecule has 0 fully saturated rings. The van der Waals surface area contributed by atoms with E-state index in [1.807, 2.05) is 0 Å². The Labute approximate surface area is 87.4 Å². The maximum absolute atomic E-state index is 11.2. The number of hydrogen-bond donors (Lipinski definition) is 1. The van der Waals surface area contributed by atoms with Crippen LogP contribution in [-0.4, -0.2) is 19.9 Å². The Morgan fingerprint density at radius 1 is 1.21 bits per heavy atom. The average Bonchev–Trinajstić information content (AvgIpc) is 2.23. The van der Waals surface area contributed by atoms with Crippen molar-refractivity contribution < 1.29 is 0 Å². The Kier molecular flexibility index (Phi) is 2.36. The SMILES string of the molecule is O=c1[nH]c(-c2cnccn2)ncc1Br. The average molecular weight is 253 g/mol. The zero-order chi connectivity index (χ0) is 9.97. The highest BCUT2D eigenvalue weighted by Gasteiger charge is 2.02. The molecule has 0 aliphatic carbocycles. The summed E-state index contributed by atoms with van der Waals surface area (Å²) in [5.41, 5.74) is 0.303. The molecule has 0 unspecified atom stereocenters. The molecule has 2 aromatic rings. The lowest BCUT2D eigenvalue weighted by Crippen LogP contribution is -2.09. The first-order valence-corrected chi connectivity index (χ1v) is 4.58. The summed E-state index contributed by atoms with van der Waals surface area (Å²) in [6.07, 6.45) is 6.06. The minimum Gasteiger partial charge on any atom is -0.304 e. The molecule has 0 saturated carbocycles. The Morgan fingerprint density at radius 2 is 2.07 bits per heavy atom. The van der Waals surface area contributed by atoms with Crippen molar-refractivity contribution >= 4 is 15.9 Å². The van der Waals surface area contributed by atoms with E-state index in [1.165, 1.54) is 18.6 Å². The Morgan fingerprint density at radius 3 is 2.71 bits per heavy atom. The van der Waals surface area contributed by atoms with E-state index in [-0.39, 0.29) is 5.56 Å². The normalized spacial score (nSPS) is 10.1. The van der Waals surface area contributed by atoms with Gasteiger partial charge in [0.05, 0.1) is 6.20 Å². The van der Waals surface area contributed by atoms with Crippen molar-refractivity contribution in [1.82, 2.24) is 19.9 Å². The Hall–Kier alpha value is -1.56. The van der Waals surface area contributed by atoms with Gasteiger partial charge in [-0.1, -0.05) is 0 Å². The predicted molar refractivity (Wildman–Crippen MR) is 53.6 cm³/mol. The van der Waals surface area contributed by atoms with Crippen LogP contribution in [0.25, 0.3) is 11.5 Å². The molecule has 0 bridgehead atoms. The number of aromatic amines is 1. The van der Waals surface area contributed by atoms with E-state index in [1.54, 1.807) is 6.20 Å². The lowest BCUT2D eigenvalue weighted by Gasteiger charge is -1.97. The van der Waals surface area contributed by atoms with Gasteiger partial charge in [-0.3, -0.25) is 9.78 Å². The van der Waals surface area contributed by atoms with Crippen molar-refractivity contribution in [2.24, 2.45) is 0 Å². The quantitative estimate of drug-likeness (QED) is 0.822. The van der Waals surface area contributed by atoms with E-state index in [9.17, 15) is 4.79 Å². The smallest absolute Gasteiger partial charge is 0.265 e. The molecule has 0 amide bonds. The largest absolute Gasteiger partial charge is 0.304 e. The molecule has 0 aliphatic rings. The van der Waals surface area contributed by atoms with Gasteiger partial charge in [-0.2, -0.15) is 0 Å². The topological polar surface area (TPSA) is 71.5 Å². The molecule has 0 saturated heterocycles. The molecule has 0 aromatic carbocycles. The highest BCUT2D eigenvalue weighted by Crippen LogP contribution is 2.08. The fraction of sp³-hybridized carbons (Fsp3) is 0. The third-order valence-electron chi connectivity index (χ3n) is 1.56. The standard InChI is InChI=1S/C8H5BrN4O/c9-5-3-12-7(13-8(5)14)6-4-10-1-2-11-6/h1-4H,(H,12,13,14). The van der Waals surface area contributed by atoms with E-state index in [0.29, 0.717) is 16.0 Å². The fourth-order valence-electron chi connectivity index (χ4n) is 0.931. The van der Waals surface area contributed by atoms with Crippen LogP contribution in [0.15, 0.2) is 34.1 Å². The van der Waals surface area contributed by atoms with Crippen LogP contribution in [0.3, 0.4) is 0 Å². The summed E-state index contributed by atoms with van der Waals surface area (Å²) < 4.78 is 0.394. The number of H-pyrrole nitrogens is 1. The van der Waals surface area contributed by atoms with E-state index < -0.39 is 0 Å². The molecule has 14 heavy (non-hydrogen) atoms. The molecular weight excluding hydrogens is 248 g/mol. The molecule has 70 valence electrons. The maximum Gasteiger partial charge on any atom is 0.265 e. The minimum atomic E-state index is -0.236. The summed E-state index contributed by atoms with van der Waals surface area (Å²) in [6, 6.07) is 0. The molecule has 2 rings (SSSR count). The van der Waals surface area contributed by atoms with Gasteiger partial charge in [0.1, 0.15) is 10.2 Å². The third-order valence-corrected chi connectivity index (χ3v) is 2.13. The molecule has 0 radical (unpaired) electrons. The van der Waals surface area contributed by atoms with Crippen molar-refractivity contribution in [3.8, 4) is 11.5 Å². The molecular formula is C8H5BrN4O. The lowest BCUT2D eigenvalue weighted by atomic mass is 10.4. The van der Waals surface area contributed by atoms with E-state index in [4.69, 9.17) is 0 Å². The number of hydrogen-bond acceptors (Lipinski definition) is 4. The lowest BCUT2D eigenvalue weighted by molar-refractivity contribution is 1.07. The van der Waals surface area contributed by atoms with Crippen molar-refractivity contribution in [1.29, 1.82) is 0 Å². The second kappa shape index (κ2) is 3.67. The summed E-state index contributed by atoms with van der Waals surface area (Å²) in [7, 11) is 0. The number of aromatic nitrogens is 4. The van der Waals surface area contributed by atoms with Crippen LogP contribution in [-0.2, 0) is 0 Å². The van der Waals surface area contributed by atoms with Gasteiger partial charge >= 0.3 is 0 Å². The number of rotatable bonds is 1. The van der Waals surface area contributed by atoms with Crippen LogP contribution < -0.4 is 5.56 Å². The highest BCUT2D eigenvalue weighted by molar-refractivity contribution is 9.10. The van der Waals surface area contributed by atoms with Gasteiger partial charge in [-0.05, 0) is 15.9 Å². The molecule has 2 aromatic heterocycles. The zero-order valence-electron chi connectivity index (χ0n) is 6.94. The second-order valence-electron chi connectivity index (χ2n) is 2.50. The first-order chi connectivity index (χ1) is 6.77. The van der Waals surface area contributed by atoms with Gasteiger partial charge in [0.15, 0.2) is 5.82 Å². The highest BCUT2D eigenvalue weighted by atomic mass is 79.9. The molecule has 0 atom stereocenters. The third kappa shape index (κ3) is 1.69. The predicted octanol–water partition coefficient (Wildman–Crippen LogP) is 0.989. The van der Waals surface area contributed by atoms with E-state index >= 15 is 0 Å². The first kappa shape index (κ1) is 9.01. The van der Waals surface area contributed by atoms with Gasteiger partial charge in [-0.25, -0.2) is 9.97 Å². The Bertz CT molecular complexity index is 496. The first-order valence-electron chi connectivity index (χ1n) is 3.78. The fourth-order valence-corrected chi connectivity index (χ4v) is 1.13. The van der Waals surface area contributed by atoms with Gasteiger partial charge in [0.25, 0.3) is 5.56 Å². The summed E-state index contributed by atoms with van der Waals surface area (Å²) in [6.45, 7) is 0. The molecule has 0 spiro atoms. The van der Waals surface area contributed by atoms with Crippen LogP contribution in [0.4, 0.5) is 0 Å². The number of halogens is 1. The van der Waals surface area contributed by atoms with Crippen molar-refractivity contribution in [2.45, 2.75) is 0 Å². The molecule has 6 heteroatoms. The van der Waals surface area contributed by atoms with Crippen LogP contribution in [0.5, 0.6) is 0 Å². The summed E-state index contributed by atoms with van der Waals surface area (Å²) in [4.78, 5) is 25.7.